The summed E-state index contributed by atoms with van der Waals surface area (Å²) in [5.41, 5.74) is 0.506. The molecule has 2 N–H and O–H groups in total. The highest BCUT2D eigenvalue weighted by atomic mass is 16.5. The average Bonchev–Trinajstić information content (AvgIpc) is 2.78. The van der Waals surface area contributed by atoms with E-state index in [4.69, 9.17) is 14.2 Å². The van der Waals surface area contributed by atoms with E-state index in [9.17, 15) is 9.90 Å². The zero-order valence-electron chi connectivity index (χ0n) is 17.0. The van der Waals surface area contributed by atoms with Crippen LogP contribution >= 0.6 is 0 Å². The van der Waals surface area contributed by atoms with Gasteiger partial charge >= 0.3 is 0 Å². The van der Waals surface area contributed by atoms with E-state index in [1.165, 1.54) is 0 Å². The zero-order chi connectivity index (χ0) is 20.7. The van der Waals surface area contributed by atoms with Crippen LogP contribution in [0.5, 0.6) is 11.5 Å². The standard InChI is InChI=1S/C23H29NO5/c1-27-20-9-8-17(14-21(20)28-2)15-22(25)24-16-23(26,18-6-4-3-5-7-18)19-10-12-29-13-11-19/h3-9,14,19,26H,10-13,15-16H2,1-2H3,(H,24,25)/t23-/m1/s1. The molecule has 1 heterocycles. The molecule has 0 spiro atoms. The van der Waals surface area contributed by atoms with Crippen LogP contribution in [0, 0.1) is 5.92 Å². The predicted octanol–water partition coefficient (Wildman–Crippen LogP) is 2.68. The van der Waals surface area contributed by atoms with Crippen molar-refractivity contribution >= 4 is 5.91 Å². The first-order valence-electron chi connectivity index (χ1n) is 9.90. The number of ether oxygens (including phenoxy) is 3. The molecule has 29 heavy (non-hydrogen) atoms. The number of hydrogen-bond donors (Lipinski definition) is 2. The largest absolute Gasteiger partial charge is 0.493 e. The van der Waals surface area contributed by atoms with Crippen LogP contribution in [0.25, 0.3) is 0 Å². The van der Waals surface area contributed by atoms with Gasteiger partial charge in [-0.2, -0.15) is 0 Å². The van der Waals surface area contributed by atoms with Crippen LogP contribution in [-0.2, 0) is 21.6 Å². The highest BCUT2D eigenvalue weighted by Crippen LogP contribution is 2.35. The molecule has 0 bridgehead atoms. The molecule has 0 radical (unpaired) electrons. The van der Waals surface area contributed by atoms with Crippen molar-refractivity contribution in [2.45, 2.75) is 24.9 Å². The van der Waals surface area contributed by atoms with Gasteiger partial charge < -0.3 is 24.6 Å². The van der Waals surface area contributed by atoms with Gasteiger partial charge in [0.25, 0.3) is 0 Å². The van der Waals surface area contributed by atoms with Crippen molar-refractivity contribution in [3.8, 4) is 11.5 Å². The van der Waals surface area contributed by atoms with Crippen molar-refractivity contribution in [3.05, 3.63) is 59.7 Å². The summed E-state index contributed by atoms with van der Waals surface area (Å²) in [4.78, 5) is 12.6. The van der Waals surface area contributed by atoms with Gasteiger partial charge in [-0.05, 0) is 42.0 Å². The molecule has 0 aliphatic carbocycles. The van der Waals surface area contributed by atoms with Crippen LogP contribution in [0.15, 0.2) is 48.5 Å². The molecular formula is C23H29NO5. The van der Waals surface area contributed by atoms with Crippen molar-refractivity contribution in [1.82, 2.24) is 5.32 Å². The Bertz CT molecular complexity index is 804. The molecule has 2 aromatic rings. The van der Waals surface area contributed by atoms with Crippen LogP contribution < -0.4 is 14.8 Å². The molecule has 1 amide bonds. The number of benzene rings is 2. The third-order valence-corrected chi connectivity index (χ3v) is 5.54. The first kappa shape index (κ1) is 21.1. The van der Waals surface area contributed by atoms with Crippen LogP contribution in [0.1, 0.15) is 24.0 Å². The summed E-state index contributed by atoms with van der Waals surface area (Å²) >= 11 is 0. The molecule has 1 aliphatic rings. The number of hydrogen-bond acceptors (Lipinski definition) is 5. The van der Waals surface area contributed by atoms with E-state index < -0.39 is 5.60 Å². The minimum Gasteiger partial charge on any atom is -0.493 e. The summed E-state index contributed by atoms with van der Waals surface area (Å²) in [6, 6.07) is 15.0. The molecule has 6 nitrogen and oxygen atoms in total. The molecule has 2 aromatic carbocycles. The van der Waals surface area contributed by atoms with E-state index >= 15 is 0 Å². The number of rotatable bonds is 8. The van der Waals surface area contributed by atoms with Crippen LogP contribution in [0.4, 0.5) is 0 Å². The van der Waals surface area contributed by atoms with Crippen molar-refractivity contribution in [3.63, 3.8) is 0 Å². The molecule has 0 saturated carbocycles. The first-order valence-corrected chi connectivity index (χ1v) is 9.90. The predicted molar refractivity (Wildman–Crippen MR) is 110 cm³/mol. The van der Waals surface area contributed by atoms with E-state index in [1.807, 2.05) is 36.4 Å². The summed E-state index contributed by atoms with van der Waals surface area (Å²) < 4.78 is 16.0. The fraction of sp³-hybridized carbons (Fsp3) is 0.435. The molecule has 0 aromatic heterocycles. The summed E-state index contributed by atoms with van der Waals surface area (Å²) in [5, 5.41) is 14.5. The third-order valence-electron chi connectivity index (χ3n) is 5.54. The van der Waals surface area contributed by atoms with E-state index in [0.717, 1.165) is 24.0 Å². The number of aliphatic hydroxyl groups is 1. The first-order chi connectivity index (χ1) is 14.1. The second-order valence-corrected chi connectivity index (χ2v) is 7.32. The van der Waals surface area contributed by atoms with Crippen LogP contribution in [-0.4, -0.2) is 45.0 Å². The molecule has 1 aliphatic heterocycles. The minimum atomic E-state index is -1.13. The van der Waals surface area contributed by atoms with E-state index in [0.29, 0.717) is 24.7 Å². The topological polar surface area (TPSA) is 77.0 Å². The lowest BCUT2D eigenvalue weighted by Crippen LogP contribution is -2.48. The highest BCUT2D eigenvalue weighted by Gasteiger charge is 2.39. The zero-order valence-corrected chi connectivity index (χ0v) is 17.0. The minimum absolute atomic E-state index is 0.0278. The third kappa shape index (κ3) is 5.08. The molecular weight excluding hydrogens is 370 g/mol. The van der Waals surface area contributed by atoms with Crippen molar-refractivity contribution < 1.29 is 24.1 Å². The normalized spacial score (nSPS) is 16.7. The van der Waals surface area contributed by atoms with E-state index in [2.05, 4.69) is 5.32 Å². The van der Waals surface area contributed by atoms with E-state index in [1.54, 1.807) is 26.4 Å². The van der Waals surface area contributed by atoms with Crippen molar-refractivity contribution in [1.29, 1.82) is 0 Å². The Balaban J connectivity index is 1.70. The SMILES string of the molecule is COc1ccc(CC(=O)NC[C@@](O)(c2ccccc2)C2CCOCC2)cc1OC. The maximum absolute atomic E-state index is 12.6. The van der Waals surface area contributed by atoms with Crippen molar-refractivity contribution in [2.75, 3.05) is 34.0 Å². The van der Waals surface area contributed by atoms with Crippen molar-refractivity contribution in [2.24, 2.45) is 5.92 Å². The van der Waals surface area contributed by atoms with Gasteiger partial charge in [0.1, 0.15) is 5.60 Å². The molecule has 1 saturated heterocycles. The molecule has 3 rings (SSSR count). The quantitative estimate of drug-likeness (QED) is 0.714. The summed E-state index contributed by atoms with van der Waals surface area (Å²) in [6.45, 7) is 1.41. The van der Waals surface area contributed by atoms with Gasteiger partial charge in [-0.1, -0.05) is 36.4 Å². The molecule has 0 unspecified atom stereocenters. The lowest BCUT2D eigenvalue weighted by atomic mass is 9.77. The molecule has 1 atom stereocenters. The maximum atomic E-state index is 12.6. The Hall–Kier alpha value is -2.57. The lowest BCUT2D eigenvalue weighted by molar-refractivity contribution is -0.123. The Kier molecular flexibility index (Phi) is 7.12. The van der Waals surface area contributed by atoms with Crippen LogP contribution in [0.3, 0.4) is 0 Å². The molecule has 156 valence electrons. The van der Waals surface area contributed by atoms with Gasteiger partial charge in [0, 0.05) is 13.2 Å². The Morgan fingerprint density at radius 3 is 2.45 bits per heavy atom. The number of nitrogens with one attached hydrogen (secondary N) is 1. The molecule has 6 heteroatoms. The number of methoxy groups -OCH3 is 2. The summed E-state index contributed by atoms with van der Waals surface area (Å²) in [7, 11) is 3.14. The Labute approximate surface area is 171 Å². The van der Waals surface area contributed by atoms with Gasteiger partial charge in [-0.3, -0.25) is 4.79 Å². The average molecular weight is 399 g/mol. The fourth-order valence-electron chi connectivity index (χ4n) is 3.86. The molecule has 1 fully saturated rings. The summed E-state index contributed by atoms with van der Waals surface area (Å²) in [6.07, 6.45) is 1.72. The Morgan fingerprint density at radius 2 is 1.79 bits per heavy atom. The van der Waals surface area contributed by atoms with Crippen LogP contribution in [0.2, 0.25) is 0 Å². The monoisotopic (exact) mass is 399 g/mol. The van der Waals surface area contributed by atoms with Gasteiger partial charge in [0.05, 0.1) is 27.2 Å². The lowest BCUT2D eigenvalue weighted by Gasteiger charge is -2.39. The van der Waals surface area contributed by atoms with Gasteiger partial charge in [-0.25, -0.2) is 0 Å². The Morgan fingerprint density at radius 1 is 1.10 bits per heavy atom. The van der Waals surface area contributed by atoms with E-state index in [-0.39, 0.29) is 24.8 Å². The number of amides is 1. The number of carbonyl (C=O) groups is 1. The second kappa shape index (κ2) is 9.76. The number of carbonyl (C=O) groups excluding carboxylic acids is 1. The van der Waals surface area contributed by atoms with Gasteiger partial charge in [0.2, 0.25) is 5.91 Å². The fourth-order valence-corrected chi connectivity index (χ4v) is 3.86. The maximum Gasteiger partial charge on any atom is 0.224 e. The van der Waals surface area contributed by atoms with Gasteiger partial charge in [0.15, 0.2) is 11.5 Å². The smallest absolute Gasteiger partial charge is 0.224 e. The summed E-state index contributed by atoms with van der Waals surface area (Å²) in [5.74, 6) is 1.08. The second-order valence-electron chi connectivity index (χ2n) is 7.32. The van der Waals surface area contributed by atoms with Gasteiger partial charge in [-0.15, -0.1) is 0 Å². The highest BCUT2D eigenvalue weighted by molar-refractivity contribution is 5.79.